The summed E-state index contributed by atoms with van der Waals surface area (Å²) in [6.07, 6.45) is 1.48. The molecule has 2 aliphatic rings. The first kappa shape index (κ1) is 23.3. The number of hydrogen-bond acceptors (Lipinski definition) is 4. The Morgan fingerprint density at radius 2 is 1.82 bits per heavy atom. The molecule has 0 aromatic heterocycles. The molecule has 0 bridgehead atoms. The van der Waals surface area contributed by atoms with E-state index in [9.17, 15) is 22.0 Å². The Morgan fingerprint density at radius 3 is 2.39 bits per heavy atom. The standard InChI is InChI=1S/C19H27F5O4/c1-2-3-4-5-10-25-16-11-26-17(27-12-16)14-6-8-15(9-7-14)28-19(23,24)18(21,22)13-20/h6-8,15-17H,2-5,9-13H2,1H3. The van der Waals surface area contributed by atoms with Crippen LogP contribution in [0.25, 0.3) is 0 Å². The highest BCUT2D eigenvalue weighted by Gasteiger charge is 2.59. The van der Waals surface area contributed by atoms with Crippen molar-refractivity contribution in [2.75, 3.05) is 26.5 Å². The van der Waals surface area contributed by atoms with Crippen molar-refractivity contribution in [1.82, 2.24) is 0 Å². The van der Waals surface area contributed by atoms with E-state index < -0.39 is 31.1 Å². The number of ether oxygens (including phenoxy) is 4. The number of halogens is 5. The van der Waals surface area contributed by atoms with E-state index in [0.29, 0.717) is 25.4 Å². The number of rotatable bonds is 11. The van der Waals surface area contributed by atoms with Crippen molar-refractivity contribution in [3.8, 4) is 0 Å². The molecule has 4 nitrogen and oxygen atoms in total. The molecule has 1 atom stereocenters. The number of unbranched alkanes of at least 4 members (excludes halogenated alkanes) is 3. The highest BCUT2D eigenvalue weighted by Crippen LogP contribution is 2.38. The summed E-state index contributed by atoms with van der Waals surface area (Å²) in [7, 11) is 0. The van der Waals surface area contributed by atoms with E-state index in [0.717, 1.165) is 19.3 Å². The van der Waals surface area contributed by atoms with E-state index in [4.69, 9.17) is 14.2 Å². The van der Waals surface area contributed by atoms with Crippen LogP contribution in [0.3, 0.4) is 0 Å². The van der Waals surface area contributed by atoms with E-state index in [1.165, 1.54) is 24.6 Å². The summed E-state index contributed by atoms with van der Waals surface area (Å²) >= 11 is 0. The van der Waals surface area contributed by atoms with Crippen LogP contribution in [0.1, 0.15) is 39.0 Å². The van der Waals surface area contributed by atoms with Gasteiger partial charge in [0.1, 0.15) is 6.10 Å². The third kappa shape index (κ3) is 6.50. The first-order valence-corrected chi connectivity index (χ1v) is 9.51. The minimum Gasteiger partial charge on any atom is -0.373 e. The molecular formula is C19H27F5O4. The predicted octanol–water partition coefficient (Wildman–Crippen LogP) is 4.79. The zero-order valence-corrected chi connectivity index (χ0v) is 15.9. The van der Waals surface area contributed by atoms with Crippen molar-refractivity contribution in [3.05, 3.63) is 23.8 Å². The smallest absolute Gasteiger partial charge is 0.373 e. The molecule has 1 fully saturated rings. The summed E-state index contributed by atoms with van der Waals surface area (Å²) < 4.78 is 85.5. The van der Waals surface area contributed by atoms with Gasteiger partial charge in [0, 0.05) is 12.2 Å². The Hall–Kier alpha value is -1.03. The summed E-state index contributed by atoms with van der Waals surface area (Å²) in [4.78, 5) is 0. The highest BCUT2D eigenvalue weighted by atomic mass is 19.3. The summed E-state index contributed by atoms with van der Waals surface area (Å²) in [5, 5.41) is 0. The summed E-state index contributed by atoms with van der Waals surface area (Å²) in [5.41, 5.74) is 0.585. The van der Waals surface area contributed by atoms with E-state index in [1.54, 1.807) is 0 Å². The highest BCUT2D eigenvalue weighted by molar-refractivity contribution is 5.27. The van der Waals surface area contributed by atoms with Crippen LogP contribution in [0.15, 0.2) is 23.8 Å². The van der Waals surface area contributed by atoms with Gasteiger partial charge in [-0.2, -0.15) is 17.6 Å². The molecule has 0 saturated carbocycles. The predicted molar refractivity (Wildman–Crippen MR) is 92.2 cm³/mol. The molecule has 0 aromatic rings. The van der Waals surface area contributed by atoms with Gasteiger partial charge in [0.05, 0.1) is 19.3 Å². The maximum absolute atomic E-state index is 13.3. The van der Waals surface area contributed by atoms with Gasteiger partial charge in [-0.25, -0.2) is 4.39 Å². The summed E-state index contributed by atoms with van der Waals surface area (Å²) in [6.45, 7) is 0.955. The quantitative estimate of drug-likeness (QED) is 0.360. The van der Waals surface area contributed by atoms with Crippen LogP contribution in [0.2, 0.25) is 0 Å². The second-order valence-corrected chi connectivity index (χ2v) is 6.86. The monoisotopic (exact) mass is 414 g/mol. The Kier molecular flexibility index (Phi) is 8.85. The summed E-state index contributed by atoms with van der Waals surface area (Å²) in [5.74, 6) is -4.87. The lowest BCUT2D eigenvalue weighted by Gasteiger charge is -2.32. The average molecular weight is 414 g/mol. The molecule has 2 rings (SSSR count). The van der Waals surface area contributed by atoms with E-state index in [2.05, 4.69) is 11.7 Å². The molecule has 1 unspecified atom stereocenters. The molecule has 0 radical (unpaired) electrons. The van der Waals surface area contributed by atoms with Crippen molar-refractivity contribution in [1.29, 1.82) is 0 Å². The third-order valence-electron chi connectivity index (χ3n) is 4.47. The second-order valence-electron chi connectivity index (χ2n) is 6.86. The van der Waals surface area contributed by atoms with E-state index in [1.807, 2.05) is 0 Å². The summed E-state index contributed by atoms with van der Waals surface area (Å²) in [6, 6.07) is 0. The van der Waals surface area contributed by atoms with E-state index in [-0.39, 0.29) is 12.5 Å². The maximum atomic E-state index is 13.3. The van der Waals surface area contributed by atoms with Gasteiger partial charge in [-0.05, 0) is 12.8 Å². The van der Waals surface area contributed by atoms with Gasteiger partial charge in [-0.1, -0.05) is 44.4 Å². The van der Waals surface area contributed by atoms with Gasteiger partial charge >= 0.3 is 12.0 Å². The molecule has 0 aromatic carbocycles. The second kappa shape index (κ2) is 10.7. The van der Waals surface area contributed by atoms with E-state index >= 15 is 0 Å². The zero-order chi connectivity index (χ0) is 20.6. The lowest BCUT2D eigenvalue weighted by atomic mass is 10.0. The van der Waals surface area contributed by atoms with Gasteiger partial charge in [0.25, 0.3) is 0 Å². The Balaban J connectivity index is 1.72. The van der Waals surface area contributed by atoms with Crippen molar-refractivity contribution in [2.45, 2.75) is 69.6 Å². The molecule has 1 aliphatic heterocycles. The Labute approximate surface area is 161 Å². The molecule has 0 amide bonds. The van der Waals surface area contributed by atoms with Crippen molar-refractivity contribution < 1.29 is 40.9 Å². The maximum Gasteiger partial charge on any atom is 0.422 e. The SMILES string of the molecule is CCCCCCOC1COC(C2=CCC(OC(F)(F)C(F)(F)CF)C=C2)OC1. The van der Waals surface area contributed by atoms with Gasteiger partial charge in [0.15, 0.2) is 13.0 Å². The van der Waals surface area contributed by atoms with Crippen LogP contribution < -0.4 is 0 Å². The van der Waals surface area contributed by atoms with Crippen molar-refractivity contribution in [3.63, 3.8) is 0 Å². The largest absolute Gasteiger partial charge is 0.422 e. The fourth-order valence-corrected chi connectivity index (χ4v) is 2.79. The van der Waals surface area contributed by atoms with Crippen LogP contribution in [0, 0.1) is 0 Å². The van der Waals surface area contributed by atoms with Gasteiger partial charge in [0.2, 0.25) is 0 Å². The topological polar surface area (TPSA) is 36.9 Å². The number of alkyl halides is 5. The lowest BCUT2D eigenvalue weighted by Crippen LogP contribution is -2.46. The van der Waals surface area contributed by atoms with Crippen LogP contribution in [0.4, 0.5) is 22.0 Å². The third-order valence-corrected chi connectivity index (χ3v) is 4.47. The average Bonchev–Trinajstić information content (AvgIpc) is 2.68. The molecule has 0 spiro atoms. The van der Waals surface area contributed by atoms with Gasteiger partial charge in [-0.3, -0.25) is 0 Å². The normalized spacial score (nSPS) is 26.4. The minimum absolute atomic E-state index is 0.0790. The molecule has 1 heterocycles. The van der Waals surface area contributed by atoms with Gasteiger partial charge in [-0.15, -0.1) is 0 Å². The zero-order valence-electron chi connectivity index (χ0n) is 15.9. The van der Waals surface area contributed by atoms with Crippen molar-refractivity contribution in [2.24, 2.45) is 0 Å². The van der Waals surface area contributed by atoms with Crippen LogP contribution in [-0.2, 0) is 18.9 Å². The Bertz CT molecular complexity index is 530. The molecule has 1 saturated heterocycles. The first-order chi connectivity index (χ1) is 13.3. The van der Waals surface area contributed by atoms with Crippen molar-refractivity contribution >= 4 is 0 Å². The number of hydrogen-bond donors (Lipinski definition) is 0. The molecule has 28 heavy (non-hydrogen) atoms. The van der Waals surface area contributed by atoms with Crippen LogP contribution in [0.5, 0.6) is 0 Å². The molecular weight excluding hydrogens is 387 g/mol. The Morgan fingerprint density at radius 1 is 1.11 bits per heavy atom. The molecule has 162 valence electrons. The molecule has 1 aliphatic carbocycles. The van der Waals surface area contributed by atoms with Crippen LogP contribution in [-0.4, -0.2) is 57.0 Å². The van der Waals surface area contributed by atoms with Gasteiger partial charge < -0.3 is 18.9 Å². The molecule has 9 heteroatoms. The lowest BCUT2D eigenvalue weighted by molar-refractivity contribution is -0.358. The molecule has 0 N–H and O–H groups in total. The first-order valence-electron chi connectivity index (χ1n) is 9.51. The fraction of sp³-hybridized carbons (Fsp3) is 0.789. The fourth-order valence-electron chi connectivity index (χ4n) is 2.79. The van der Waals surface area contributed by atoms with Crippen LogP contribution >= 0.6 is 0 Å². The minimum atomic E-state index is -4.89.